The van der Waals surface area contributed by atoms with Crippen molar-refractivity contribution in [2.24, 2.45) is 11.8 Å². The molecule has 3 atom stereocenters. The lowest BCUT2D eigenvalue weighted by molar-refractivity contribution is 0.0931. The summed E-state index contributed by atoms with van der Waals surface area (Å²) in [6.45, 7) is 4.39. The highest BCUT2D eigenvalue weighted by molar-refractivity contribution is 5.12. The summed E-state index contributed by atoms with van der Waals surface area (Å²) in [6, 6.07) is 3.96. The van der Waals surface area contributed by atoms with Gasteiger partial charge < -0.3 is 5.11 Å². The Morgan fingerprint density at radius 3 is 3.00 bits per heavy atom. The highest BCUT2D eigenvalue weighted by atomic mass is 16.3. The van der Waals surface area contributed by atoms with Crippen LogP contribution in [0.2, 0.25) is 0 Å². The number of aliphatic hydroxyl groups excluding tert-OH is 1. The molecule has 1 aromatic heterocycles. The van der Waals surface area contributed by atoms with Crippen molar-refractivity contribution < 1.29 is 5.11 Å². The Morgan fingerprint density at radius 1 is 1.53 bits per heavy atom. The van der Waals surface area contributed by atoms with Crippen LogP contribution in [-0.4, -0.2) is 16.2 Å². The summed E-state index contributed by atoms with van der Waals surface area (Å²) in [5, 5.41) is 10.3. The first kappa shape index (κ1) is 12.3. The summed E-state index contributed by atoms with van der Waals surface area (Å²) in [4.78, 5) is 4.09. The molecule has 0 fully saturated rings. The molecule has 3 unspecified atom stereocenters. The third-order valence-corrected chi connectivity index (χ3v) is 3.54. The van der Waals surface area contributed by atoms with Crippen LogP contribution in [0.3, 0.4) is 0 Å². The SMILES string of the molecule is CC1=CC(C)CC(C(O)Cc2cccnc2)C1. The van der Waals surface area contributed by atoms with Crippen molar-refractivity contribution in [3.8, 4) is 0 Å². The van der Waals surface area contributed by atoms with Crippen LogP contribution in [0, 0.1) is 11.8 Å². The van der Waals surface area contributed by atoms with Crippen LogP contribution in [0.1, 0.15) is 32.3 Å². The number of pyridine rings is 1. The van der Waals surface area contributed by atoms with Crippen LogP contribution in [-0.2, 0) is 6.42 Å². The minimum absolute atomic E-state index is 0.245. The standard InChI is InChI=1S/C15H21NO/c1-11-6-12(2)8-14(7-11)15(17)9-13-4-3-5-16-10-13/h3-6,10-11,14-15,17H,7-9H2,1-2H3. The van der Waals surface area contributed by atoms with Gasteiger partial charge in [0.2, 0.25) is 0 Å². The zero-order valence-corrected chi connectivity index (χ0v) is 10.6. The van der Waals surface area contributed by atoms with E-state index in [1.165, 1.54) is 5.57 Å². The van der Waals surface area contributed by atoms with Crippen LogP contribution < -0.4 is 0 Å². The Kier molecular flexibility index (Phi) is 3.95. The van der Waals surface area contributed by atoms with Crippen molar-refractivity contribution in [3.05, 3.63) is 41.7 Å². The van der Waals surface area contributed by atoms with Crippen LogP contribution in [0.4, 0.5) is 0 Å². The van der Waals surface area contributed by atoms with E-state index in [0.717, 1.165) is 24.8 Å². The van der Waals surface area contributed by atoms with Crippen molar-refractivity contribution in [3.63, 3.8) is 0 Å². The van der Waals surface area contributed by atoms with E-state index in [9.17, 15) is 5.11 Å². The molecule has 1 heterocycles. The molecule has 0 radical (unpaired) electrons. The van der Waals surface area contributed by atoms with E-state index in [4.69, 9.17) is 0 Å². The molecular weight excluding hydrogens is 210 g/mol. The van der Waals surface area contributed by atoms with Gasteiger partial charge in [0.15, 0.2) is 0 Å². The first-order chi connectivity index (χ1) is 8.15. The van der Waals surface area contributed by atoms with E-state index in [1.54, 1.807) is 6.20 Å². The Bertz CT molecular complexity index is 385. The molecule has 2 rings (SSSR count). The number of allylic oxidation sites excluding steroid dienone is 2. The van der Waals surface area contributed by atoms with E-state index in [1.807, 2.05) is 18.3 Å². The molecule has 0 saturated carbocycles. The van der Waals surface area contributed by atoms with Crippen LogP contribution in [0.25, 0.3) is 0 Å². The summed E-state index contributed by atoms with van der Waals surface area (Å²) in [6.07, 6.45) is 8.55. The molecule has 1 aliphatic rings. The maximum absolute atomic E-state index is 10.3. The molecule has 0 aromatic carbocycles. The number of rotatable bonds is 3. The second kappa shape index (κ2) is 5.46. The minimum atomic E-state index is -0.245. The number of hydrogen-bond acceptors (Lipinski definition) is 2. The average Bonchev–Trinajstić information content (AvgIpc) is 2.29. The summed E-state index contributed by atoms with van der Waals surface area (Å²) < 4.78 is 0. The van der Waals surface area contributed by atoms with Gasteiger partial charge in [0, 0.05) is 18.8 Å². The molecule has 17 heavy (non-hydrogen) atoms. The molecular formula is C15H21NO. The molecule has 0 bridgehead atoms. The smallest absolute Gasteiger partial charge is 0.0612 e. The van der Waals surface area contributed by atoms with Crippen LogP contribution in [0.5, 0.6) is 0 Å². The molecule has 2 heteroatoms. The summed E-state index contributed by atoms with van der Waals surface area (Å²) in [7, 11) is 0. The first-order valence-corrected chi connectivity index (χ1v) is 6.39. The molecule has 0 aliphatic heterocycles. The van der Waals surface area contributed by atoms with E-state index in [0.29, 0.717) is 11.8 Å². The highest BCUT2D eigenvalue weighted by Gasteiger charge is 2.24. The second-order valence-electron chi connectivity index (χ2n) is 5.32. The molecule has 0 saturated heterocycles. The van der Waals surface area contributed by atoms with E-state index in [2.05, 4.69) is 24.9 Å². The largest absolute Gasteiger partial charge is 0.392 e. The van der Waals surface area contributed by atoms with Gasteiger partial charge in [0.05, 0.1) is 6.10 Å². The summed E-state index contributed by atoms with van der Waals surface area (Å²) >= 11 is 0. The zero-order valence-electron chi connectivity index (χ0n) is 10.6. The predicted octanol–water partition coefficient (Wildman–Crippen LogP) is 2.98. The van der Waals surface area contributed by atoms with Gasteiger partial charge in [-0.1, -0.05) is 24.6 Å². The Hall–Kier alpha value is -1.15. The molecule has 0 spiro atoms. The molecule has 1 N–H and O–H groups in total. The van der Waals surface area contributed by atoms with Gasteiger partial charge in [-0.3, -0.25) is 4.98 Å². The third kappa shape index (κ3) is 3.40. The number of nitrogens with zero attached hydrogens (tertiary/aromatic N) is 1. The van der Waals surface area contributed by atoms with Gasteiger partial charge in [-0.15, -0.1) is 0 Å². The van der Waals surface area contributed by atoms with Crippen molar-refractivity contribution in [2.45, 2.75) is 39.2 Å². The second-order valence-corrected chi connectivity index (χ2v) is 5.32. The average molecular weight is 231 g/mol. The van der Waals surface area contributed by atoms with Crippen LogP contribution >= 0.6 is 0 Å². The monoisotopic (exact) mass is 231 g/mol. The zero-order chi connectivity index (χ0) is 12.3. The van der Waals surface area contributed by atoms with Gasteiger partial charge in [0.1, 0.15) is 0 Å². The molecule has 0 amide bonds. The maximum Gasteiger partial charge on any atom is 0.0612 e. The van der Waals surface area contributed by atoms with Crippen LogP contribution in [0.15, 0.2) is 36.2 Å². The maximum atomic E-state index is 10.3. The lowest BCUT2D eigenvalue weighted by Gasteiger charge is -2.29. The Morgan fingerprint density at radius 2 is 2.35 bits per heavy atom. The van der Waals surface area contributed by atoms with Gasteiger partial charge in [-0.2, -0.15) is 0 Å². The molecule has 92 valence electrons. The Balaban J connectivity index is 1.97. The first-order valence-electron chi connectivity index (χ1n) is 6.39. The summed E-state index contributed by atoms with van der Waals surface area (Å²) in [5.41, 5.74) is 2.54. The van der Waals surface area contributed by atoms with Gasteiger partial charge in [-0.25, -0.2) is 0 Å². The summed E-state index contributed by atoms with van der Waals surface area (Å²) in [5.74, 6) is 0.993. The fraction of sp³-hybridized carbons (Fsp3) is 0.533. The lowest BCUT2D eigenvalue weighted by atomic mass is 9.79. The fourth-order valence-corrected chi connectivity index (χ4v) is 2.82. The number of hydrogen-bond donors (Lipinski definition) is 1. The minimum Gasteiger partial charge on any atom is -0.392 e. The van der Waals surface area contributed by atoms with Crippen molar-refractivity contribution in [1.29, 1.82) is 0 Å². The van der Waals surface area contributed by atoms with E-state index < -0.39 is 0 Å². The van der Waals surface area contributed by atoms with Gasteiger partial charge in [-0.05, 0) is 43.2 Å². The fourth-order valence-electron chi connectivity index (χ4n) is 2.82. The highest BCUT2D eigenvalue weighted by Crippen LogP contribution is 2.31. The topological polar surface area (TPSA) is 33.1 Å². The number of aliphatic hydroxyl groups is 1. The quantitative estimate of drug-likeness (QED) is 0.811. The van der Waals surface area contributed by atoms with Crippen molar-refractivity contribution >= 4 is 0 Å². The van der Waals surface area contributed by atoms with Gasteiger partial charge in [0.25, 0.3) is 0 Å². The predicted molar refractivity (Wildman–Crippen MR) is 69.6 cm³/mol. The molecule has 1 aromatic rings. The van der Waals surface area contributed by atoms with Gasteiger partial charge >= 0.3 is 0 Å². The van der Waals surface area contributed by atoms with E-state index in [-0.39, 0.29) is 6.10 Å². The third-order valence-electron chi connectivity index (χ3n) is 3.54. The van der Waals surface area contributed by atoms with Crippen molar-refractivity contribution in [2.75, 3.05) is 0 Å². The molecule has 1 aliphatic carbocycles. The molecule has 2 nitrogen and oxygen atoms in total. The lowest BCUT2D eigenvalue weighted by Crippen LogP contribution is -2.27. The van der Waals surface area contributed by atoms with E-state index >= 15 is 0 Å². The normalized spacial score (nSPS) is 26.4. The number of aromatic nitrogens is 1. The Labute approximate surface area is 103 Å². The van der Waals surface area contributed by atoms with Crippen molar-refractivity contribution in [1.82, 2.24) is 4.98 Å².